The SMILES string of the molecule is CC(C)n1ncc(Cl)c1C(=O)c1ccc(Cl)cc1Br. The zero-order valence-corrected chi connectivity index (χ0v) is 13.4. The quantitative estimate of drug-likeness (QED) is 0.738. The maximum absolute atomic E-state index is 12.6. The number of hydrogen-bond donors (Lipinski definition) is 0. The van der Waals surface area contributed by atoms with Gasteiger partial charge in [-0.2, -0.15) is 5.10 Å². The Morgan fingerprint density at radius 3 is 2.63 bits per heavy atom. The number of rotatable bonds is 3. The number of halogens is 3. The van der Waals surface area contributed by atoms with Crippen LogP contribution < -0.4 is 0 Å². The van der Waals surface area contributed by atoms with Crippen molar-refractivity contribution in [3.8, 4) is 0 Å². The highest BCUT2D eigenvalue weighted by Gasteiger charge is 2.22. The summed E-state index contributed by atoms with van der Waals surface area (Å²) >= 11 is 15.3. The first kappa shape index (κ1) is 14.6. The zero-order valence-electron chi connectivity index (χ0n) is 10.3. The van der Waals surface area contributed by atoms with E-state index in [-0.39, 0.29) is 11.8 Å². The summed E-state index contributed by atoms with van der Waals surface area (Å²) in [5.41, 5.74) is 0.897. The van der Waals surface area contributed by atoms with Gasteiger partial charge >= 0.3 is 0 Å². The molecule has 0 N–H and O–H groups in total. The summed E-state index contributed by atoms with van der Waals surface area (Å²) in [5.74, 6) is -0.181. The van der Waals surface area contributed by atoms with Gasteiger partial charge in [-0.1, -0.05) is 23.2 Å². The van der Waals surface area contributed by atoms with Crippen molar-refractivity contribution in [1.29, 1.82) is 0 Å². The molecule has 0 radical (unpaired) electrons. The summed E-state index contributed by atoms with van der Waals surface area (Å²) in [6.45, 7) is 3.88. The van der Waals surface area contributed by atoms with Gasteiger partial charge in [0.25, 0.3) is 0 Å². The Hall–Kier alpha value is -0.840. The molecule has 1 aromatic heterocycles. The van der Waals surface area contributed by atoms with Gasteiger partial charge in [-0.05, 0) is 48.0 Å². The summed E-state index contributed by atoms with van der Waals surface area (Å²) in [6, 6.07) is 5.07. The fraction of sp³-hybridized carbons (Fsp3) is 0.231. The van der Waals surface area contributed by atoms with E-state index in [2.05, 4.69) is 21.0 Å². The molecular formula is C13H11BrCl2N2O. The monoisotopic (exact) mass is 360 g/mol. The van der Waals surface area contributed by atoms with Gasteiger partial charge in [0, 0.05) is 21.1 Å². The molecule has 1 heterocycles. The third-order valence-electron chi connectivity index (χ3n) is 2.63. The smallest absolute Gasteiger partial charge is 0.213 e. The Kier molecular flexibility index (Phi) is 4.33. The minimum Gasteiger partial charge on any atom is -0.287 e. The van der Waals surface area contributed by atoms with E-state index in [9.17, 15) is 4.79 Å². The maximum atomic E-state index is 12.6. The average molecular weight is 362 g/mol. The lowest BCUT2D eigenvalue weighted by molar-refractivity contribution is 0.102. The molecule has 2 aromatic rings. The summed E-state index contributed by atoms with van der Waals surface area (Å²) in [4.78, 5) is 12.6. The van der Waals surface area contributed by atoms with E-state index >= 15 is 0 Å². The normalized spacial score (nSPS) is 11.1. The number of nitrogens with zero attached hydrogens (tertiary/aromatic N) is 2. The van der Waals surface area contributed by atoms with E-state index in [1.165, 1.54) is 6.20 Å². The molecule has 0 saturated carbocycles. The van der Waals surface area contributed by atoms with E-state index in [0.29, 0.717) is 25.8 Å². The lowest BCUT2D eigenvalue weighted by Gasteiger charge is -2.11. The number of carbonyl (C=O) groups excluding carboxylic acids is 1. The number of ketones is 1. The second kappa shape index (κ2) is 5.65. The molecule has 0 aliphatic carbocycles. The highest BCUT2D eigenvalue weighted by atomic mass is 79.9. The summed E-state index contributed by atoms with van der Waals surface area (Å²) in [7, 11) is 0. The minimum atomic E-state index is -0.181. The second-order valence-electron chi connectivity index (χ2n) is 4.33. The highest BCUT2D eigenvalue weighted by Crippen LogP contribution is 2.27. The van der Waals surface area contributed by atoms with Crippen LogP contribution in [-0.2, 0) is 0 Å². The van der Waals surface area contributed by atoms with Crippen molar-refractivity contribution in [3.63, 3.8) is 0 Å². The fourth-order valence-electron chi connectivity index (χ4n) is 1.75. The number of carbonyl (C=O) groups is 1. The first-order valence-corrected chi connectivity index (χ1v) is 7.19. The summed E-state index contributed by atoms with van der Waals surface area (Å²) in [5, 5.41) is 5.04. The molecule has 0 atom stereocenters. The topological polar surface area (TPSA) is 34.9 Å². The molecule has 0 fully saturated rings. The van der Waals surface area contributed by atoms with E-state index in [0.717, 1.165) is 0 Å². The molecule has 0 aliphatic heterocycles. The van der Waals surface area contributed by atoms with Crippen molar-refractivity contribution >= 4 is 44.9 Å². The maximum Gasteiger partial charge on any atom is 0.213 e. The Bertz CT molecular complexity index is 638. The van der Waals surface area contributed by atoms with Crippen molar-refractivity contribution in [1.82, 2.24) is 9.78 Å². The predicted molar refractivity (Wildman–Crippen MR) is 80.2 cm³/mol. The van der Waals surface area contributed by atoms with Gasteiger partial charge in [-0.15, -0.1) is 0 Å². The third kappa shape index (κ3) is 2.86. The molecule has 0 saturated heterocycles. The minimum absolute atomic E-state index is 0.0533. The zero-order chi connectivity index (χ0) is 14.2. The van der Waals surface area contributed by atoms with Crippen LogP contribution in [0.15, 0.2) is 28.9 Å². The van der Waals surface area contributed by atoms with Crippen LogP contribution in [-0.4, -0.2) is 15.6 Å². The van der Waals surface area contributed by atoms with E-state index in [1.54, 1.807) is 22.9 Å². The largest absolute Gasteiger partial charge is 0.287 e. The predicted octanol–water partition coefficient (Wildman–Crippen LogP) is 4.76. The average Bonchev–Trinajstić information content (AvgIpc) is 2.70. The van der Waals surface area contributed by atoms with Crippen molar-refractivity contribution in [2.45, 2.75) is 19.9 Å². The van der Waals surface area contributed by atoms with Gasteiger partial charge in [0.1, 0.15) is 5.69 Å². The van der Waals surface area contributed by atoms with Crippen LogP contribution in [0.2, 0.25) is 10.0 Å². The van der Waals surface area contributed by atoms with Crippen molar-refractivity contribution in [3.05, 3.63) is 50.2 Å². The lowest BCUT2D eigenvalue weighted by atomic mass is 10.1. The van der Waals surface area contributed by atoms with Crippen LogP contribution in [0.25, 0.3) is 0 Å². The van der Waals surface area contributed by atoms with E-state index < -0.39 is 0 Å². The molecule has 0 aliphatic rings. The molecular weight excluding hydrogens is 351 g/mol. The van der Waals surface area contributed by atoms with Gasteiger partial charge < -0.3 is 0 Å². The molecule has 0 amide bonds. The van der Waals surface area contributed by atoms with Crippen LogP contribution in [0, 0.1) is 0 Å². The molecule has 19 heavy (non-hydrogen) atoms. The fourth-order valence-corrected chi connectivity index (χ4v) is 2.83. The van der Waals surface area contributed by atoms with Gasteiger partial charge in [-0.3, -0.25) is 9.48 Å². The first-order valence-electron chi connectivity index (χ1n) is 5.64. The van der Waals surface area contributed by atoms with E-state index in [4.69, 9.17) is 23.2 Å². The molecule has 100 valence electrons. The molecule has 0 spiro atoms. The van der Waals surface area contributed by atoms with Crippen molar-refractivity contribution < 1.29 is 4.79 Å². The van der Waals surface area contributed by atoms with Crippen molar-refractivity contribution in [2.24, 2.45) is 0 Å². The number of aromatic nitrogens is 2. The highest BCUT2D eigenvalue weighted by molar-refractivity contribution is 9.10. The van der Waals surface area contributed by atoms with E-state index in [1.807, 2.05) is 13.8 Å². The number of benzene rings is 1. The Morgan fingerprint density at radius 1 is 1.37 bits per heavy atom. The summed E-state index contributed by atoms with van der Waals surface area (Å²) in [6.07, 6.45) is 1.48. The van der Waals surface area contributed by atoms with Crippen LogP contribution in [0.5, 0.6) is 0 Å². The van der Waals surface area contributed by atoms with Gasteiger partial charge in [0.15, 0.2) is 0 Å². The molecule has 1 aromatic carbocycles. The summed E-state index contributed by atoms with van der Waals surface area (Å²) < 4.78 is 2.25. The Balaban J connectivity index is 2.53. The molecule has 3 nitrogen and oxygen atoms in total. The Morgan fingerprint density at radius 2 is 2.05 bits per heavy atom. The third-order valence-corrected chi connectivity index (χ3v) is 3.80. The molecule has 2 rings (SSSR count). The van der Waals surface area contributed by atoms with Gasteiger partial charge in [0.2, 0.25) is 5.78 Å². The second-order valence-corrected chi connectivity index (χ2v) is 6.03. The standard InChI is InChI=1S/C13H11BrCl2N2O/c1-7(2)18-12(11(16)6-17-18)13(19)9-4-3-8(15)5-10(9)14/h3-7H,1-2H3. The molecule has 0 unspecified atom stereocenters. The first-order chi connectivity index (χ1) is 8.91. The van der Waals surface area contributed by atoms with Crippen LogP contribution in [0.4, 0.5) is 0 Å². The van der Waals surface area contributed by atoms with Gasteiger partial charge in [0.05, 0.1) is 11.2 Å². The lowest BCUT2D eigenvalue weighted by Crippen LogP contribution is -2.14. The van der Waals surface area contributed by atoms with Crippen LogP contribution in [0.3, 0.4) is 0 Å². The molecule has 6 heteroatoms. The van der Waals surface area contributed by atoms with Crippen LogP contribution in [0.1, 0.15) is 35.9 Å². The number of hydrogen-bond acceptors (Lipinski definition) is 2. The molecule has 0 bridgehead atoms. The van der Waals surface area contributed by atoms with Crippen molar-refractivity contribution in [2.75, 3.05) is 0 Å². The van der Waals surface area contributed by atoms with Gasteiger partial charge in [-0.25, -0.2) is 0 Å². The van der Waals surface area contributed by atoms with Crippen LogP contribution >= 0.6 is 39.1 Å². The Labute approximate surface area is 129 Å².